The van der Waals surface area contributed by atoms with Gasteiger partial charge in [-0.2, -0.15) is 5.26 Å². The monoisotopic (exact) mass is 452 g/mol. The standard InChI is InChI=1S/C25H26F2N4O2/c26-21-11-23(22(27)10-19(21)14-28)30-6-8-31(9-7-30)24(32)33-20-12-25(13-20)16-29(17-25)15-18-4-2-1-3-5-18/h1-5,10-11,20H,6-9,12-13,15-17H2. The highest BCUT2D eigenvalue weighted by molar-refractivity contribution is 5.68. The van der Waals surface area contributed by atoms with Crippen LogP contribution in [0.3, 0.4) is 0 Å². The fourth-order valence-electron chi connectivity index (χ4n) is 5.31. The smallest absolute Gasteiger partial charge is 0.410 e. The molecule has 172 valence electrons. The van der Waals surface area contributed by atoms with Gasteiger partial charge >= 0.3 is 6.09 Å². The van der Waals surface area contributed by atoms with Crippen molar-refractivity contribution in [1.82, 2.24) is 9.80 Å². The van der Waals surface area contributed by atoms with Crippen molar-refractivity contribution in [1.29, 1.82) is 5.26 Å². The van der Waals surface area contributed by atoms with Crippen LogP contribution in [0, 0.1) is 28.4 Å². The van der Waals surface area contributed by atoms with E-state index < -0.39 is 11.6 Å². The van der Waals surface area contributed by atoms with Gasteiger partial charge in [0, 0.05) is 57.3 Å². The zero-order valence-corrected chi connectivity index (χ0v) is 18.3. The molecule has 3 aliphatic rings. The summed E-state index contributed by atoms with van der Waals surface area (Å²) in [4.78, 5) is 18.3. The molecule has 0 aromatic heterocycles. The van der Waals surface area contributed by atoms with Crippen LogP contribution >= 0.6 is 0 Å². The van der Waals surface area contributed by atoms with Crippen LogP contribution in [0.5, 0.6) is 0 Å². The van der Waals surface area contributed by atoms with E-state index in [1.165, 1.54) is 5.56 Å². The van der Waals surface area contributed by atoms with Gasteiger partial charge in [-0.25, -0.2) is 13.6 Å². The number of halogens is 2. The highest BCUT2D eigenvalue weighted by Gasteiger charge is 2.53. The molecule has 5 rings (SSSR count). The predicted molar refractivity (Wildman–Crippen MR) is 119 cm³/mol. The number of carbonyl (C=O) groups excluding carboxylic acids is 1. The molecule has 1 amide bonds. The van der Waals surface area contributed by atoms with Crippen LogP contribution in [0.15, 0.2) is 42.5 Å². The van der Waals surface area contributed by atoms with Crippen molar-refractivity contribution in [2.24, 2.45) is 5.41 Å². The molecule has 0 N–H and O–H groups in total. The van der Waals surface area contributed by atoms with Crippen LogP contribution < -0.4 is 4.90 Å². The number of hydrogen-bond acceptors (Lipinski definition) is 5. The first-order valence-electron chi connectivity index (χ1n) is 11.3. The zero-order chi connectivity index (χ0) is 23.0. The SMILES string of the molecule is N#Cc1cc(F)c(N2CCN(C(=O)OC3CC4(C3)CN(Cc3ccccc3)C4)CC2)cc1F. The van der Waals surface area contributed by atoms with Gasteiger partial charge in [0.05, 0.1) is 11.3 Å². The number of nitriles is 1. The second kappa shape index (κ2) is 8.64. The van der Waals surface area contributed by atoms with E-state index in [1.807, 2.05) is 6.07 Å². The van der Waals surface area contributed by atoms with Gasteiger partial charge in [-0.05, 0) is 24.5 Å². The summed E-state index contributed by atoms with van der Waals surface area (Å²) in [5, 5.41) is 8.83. The molecule has 6 nitrogen and oxygen atoms in total. The Hall–Kier alpha value is -3.18. The number of carbonyl (C=O) groups is 1. The van der Waals surface area contributed by atoms with Gasteiger partial charge in [0.25, 0.3) is 0 Å². The van der Waals surface area contributed by atoms with E-state index in [0.717, 1.165) is 44.6 Å². The van der Waals surface area contributed by atoms with E-state index in [1.54, 1.807) is 15.9 Å². The lowest BCUT2D eigenvalue weighted by molar-refractivity contribution is -0.136. The third-order valence-corrected chi connectivity index (χ3v) is 6.99. The minimum atomic E-state index is -0.743. The average Bonchev–Trinajstić information content (AvgIpc) is 2.78. The highest BCUT2D eigenvalue weighted by Crippen LogP contribution is 2.50. The summed E-state index contributed by atoms with van der Waals surface area (Å²) >= 11 is 0. The first-order chi connectivity index (χ1) is 15.9. The molecule has 2 aromatic rings. The fraction of sp³-hybridized carbons (Fsp3) is 0.440. The normalized spacial score (nSPS) is 20.2. The fourth-order valence-corrected chi connectivity index (χ4v) is 5.31. The molecular formula is C25H26F2N4O2. The quantitative estimate of drug-likeness (QED) is 0.707. The summed E-state index contributed by atoms with van der Waals surface area (Å²) in [6.45, 7) is 4.55. The predicted octanol–water partition coefficient (Wildman–Crippen LogP) is 3.76. The number of benzene rings is 2. The zero-order valence-electron chi connectivity index (χ0n) is 18.3. The molecule has 2 saturated heterocycles. The molecule has 8 heteroatoms. The highest BCUT2D eigenvalue weighted by atomic mass is 19.1. The molecule has 0 unspecified atom stereocenters. The van der Waals surface area contributed by atoms with Gasteiger partial charge in [-0.3, -0.25) is 4.90 Å². The van der Waals surface area contributed by atoms with Gasteiger partial charge < -0.3 is 14.5 Å². The Labute approximate surface area is 191 Å². The Bertz CT molecular complexity index is 1070. The van der Waals surface area contributed by atoms with E-state index >= 15 is 0 Å². The molecule has 2 aromatic carbocycles. The molecule has 3 fully saturated rings. The topological polar surface area (TPSA) is 59.8 Å². The maximum atomic E-state index is 14.3. The second-order valence-corrected chi connectivity index (χ2v) is 9.41. The largest absolute Gasteiger partial charge is 0.446 e. The minimum absolute atomic E-state index is 0.0422. The van der Waals surface area contributed by atoms with E-state index in [-0.39, 0.29) is 28.9 Å². The third kappa shape index (κ3) is 4.38. The Balaban J connectivity index is 1.06. The molecule has 0 atom stereocenters. The summed E-state index contributed by atoms with van der Waals surface area (Å²) in [5.74, 6) is -1.38. The number of rotatable bonds is 4. The van der Waals surface area contributed by atoms with Gasteiger partial charge in [0.15, 0.2) is 0 Å². The van der Waals surface area contributed by atoms with Crippen molar-refractivity contribution < 1.29 is 18.3 Å². The summed E-state index contributed by atoms with van der Waals surface area (Å²) in [5.41, 5.74) is 1.41. The van der Waals surface area contributed by atoms with Gasteiger partial charge in [0.1, 0.15) is 23.8 Å². The van der Waals surface area contributed by atoms with Crippen LogP contribution in [-0.4, -0.2) is 61.3 Å². The number of nitrogens with zero attached hydrogens (tertiary/aromatic N) is 4. The first kappa shape index (κ1) is 21.7. The Morgan fingerprint density at radius 1 is 1.06 bits per heavy atom. The van der Waals surface area contributed by atoms with Gasteiger partial charge in [-0.15, -0.1) is 0 Å². The van der Waals surface area contributed by atoms with Crippen LogP contribution in [-0.2, 0) is 11.3 Å². The van der Waals surface area contributed by atoms with Crippen LogP contribution in [0.1, 0.15) is 24.0 Å². The van der Waals surface area contributed by atoms with Crippen LogP contribution in [0.2, 0.25) is 0 Å². The lowest BCUT2D eigenvalue weighted by atomic mass is 9.61. The summed E-state index contributed by atoms with van der Waals surface area (Å²) in [6.07, 6.45) is 1.43. The summed E-state index contributed by atoms with van der Waals surface area (Å²) in [7, 11) is 0. The maximum Gasteiger partial charge on any atom is 0.410 e. The summed E-state index contributed by atoms with van der Waals surface area (Å²) < 4.78 is 33.9. The lowest BCUT2D eigenvalue weighted by Crippen LogP contribution is -2.64. The molecular weight excluding hydrogens is 426 g/mol. The van der Waals surface area contributed by atoms with Crippen molar-refractivity contribution in [2.45, 2.75) is 25.5 Å². The Morgan fingerprint density at radius 3 is 2.42 bits per heavy atom. The molecule has 33 heavy (non-hydrogen) atoms. The molecule has 1 saturated carbocycles. The molecule has 2 aliphatic heterocycles. The van der Waals surface area contributed by atoms with Crippen molar-refractivity contribution in [3.05, 3.63) is 65.2 Å². The lowest BCUT2D eigenvalue weighted by Gasteiger charge is -2.58. The molecule has 1 aliphatic carbocycles. The third-order valence-electron chi connectivity index (χ3n) is 6.99. The molecule has 0 bridgehead atoms. The van der Waals surface area contributed by atoms with E-state index in [9.17, 15) is 13.6 Å². The second-order valence-electron chi connectivity index (χ2n) is 9.41. The number of amides is 1. The molecule has 1 spiro atoms. The summed E-state index contributed by atoms with van der Waals surface area (Å²) in [6, 6.07) is 14.0. The number of hydrogen-bond donors (Lipinski definition) is 0. The minimum Gasteiger partial charge on any atom is -0.446 e. The van der Waals surface area contributed by atoms with Crippen molar-refractivity contribution in [3.63, 3.8) is 0 Å². The van der Waals surface area contributed by atoms with Crippen molar-refractivity contribution in [2.75, 3.05) is 44.2 Å². The van der Waals surface area contributed by atoms with Gasteiger partial charge in [0.2, 0.25) is 0 Å². The Kier molecular flexibility index (Phi) is 5.67. The van der Waals surface area contributed by atoms with Gasteiger partial charge in [-0.1, -0.05) is 30.3 Å². The van der Waals surface area contributed by atoms with E-state index in [2.05, 4.69) is 29.2 Å². The van der Waals surface area contributed by atoms with Crippen LogP contribution in [0.4, 0.5) is 19.3 Å². The number of anilines is 1. The Morgan fingerprint density at radius 2 is 1.76 bits per heavy atom. The number of likely N-dealkylation sites (tertiary alicyclic amines) is 1. The van der Waals surface area contributed by atoms with E-state index in [4.69, 9.17) is 10.00 Å². The number of piperazine rings is 1. The molecule has 0 radical (unpaired) electrons. The maximum absolute atomic E-state index is 14.3. The van der Waals surface area contributed by atoms with Crippen molar-refractivity contribution >= 4 is 11.8 Å². The average molecular weight is 453 g/mol. The van der Waals surface area contributed by atoms with Crippen LogP contribution in [0.25, 0.3) is 0 Å². The van der Waals surface area contributed by atoms with Crippen molar-refractivity contribution in [3.8, 4) is 6.07 Å². The van der Waals surface area contributed by atoms with E-state index in [0.29, 0.717) is 26.2 Å². The molecule has 2 heterocycles. The first-order valence-corrected chi connectivity index (χ1v) is 11.3. The number of ether oxygens (including phenoxy) is 1.